The molecule has 2 aliphatic rings. The minimum atomic E-state index is -1.30. The zero-order valence-electron chi connectivity index (χ0n) is 45.3. The summed E-state index contributed by atoms with van der Waals surface area (Å²) in [5.41, 5.74) is 6.28. The Labute approximate surface area is 417 Å². The molecule has 70 heavy (non-hydrogen) atoms. The van der Waals surface area contributed by atoms with Crippen molar-refractivity contribution >= 4 is 53.2 Å². The van der Waals surface area contributed by atoms with Crippen molar-refractivity contribution in [3.8, 4) is 0 Å². The van der Waals surface area contributed by atoms with Crippen LogP contribution in [0.25, 0.3) is 0 Å². The maximum atomic E-state index is 15.3. The van der Waals surface area contributed by atoms with Gasteiger partial charge in [-0.05, 0) is 95.8 Å². The molecule has 0 aromatic carbocycles. The number of nitrogens with two attached hydrogens (primary N) is 1. The summed E-state index contributed by atoms with van der Waals surface area (Å²) in [6, 6.07) is -10.9. The Kier molecular flexibility index (Phi) is 23.5. The summed E-state index contributed by atoms with van der Waals surface area (Å²) in [5, 5.41) is 6.44. The lowest BCUT2D eigenvalue weighted by Gasteiger charge is -2.45. The standard InChI is InChI=1S/C50H87N9O11/c1-19-21-22-30(8)41(43(61)53-35(20-2)50(68)69-17)59(70-18)49(67)40(28(5)6)57(16)47(65)38-26-32(10)58(34(12)45(63)55(14)37(23-27(3)4)46(64)56(38)15)44(62)33(11)52-42(60)36-25-29(7)24-31(9)39(51)48(66)54(36)13/h19,21,27-41H,20,22-26,51H2,1-18H3,(H,52,60)(H,53,61). The molecule has 13 unspecified atom stereocenters. The van der Waals surface area contributed by atoms with Gasteiger partial charge in [-0.15, -0.1) is 0 Å². The van der Waals surface area contributed by atoms with E-state index in [1.807, 2.05) is 40.7 Å². The van der Waals surface area contributed by atoms with Crippen molar-refractivity contribution in [2.45, 2.75) is 182 Å². The van der Waals surface area contributed by atoms with Gasteiger partial charge in [0.1, 0.15) is 48.3 Å². The highest BCUT2D eigenvalue weighted by Crippen LogP contribution is 2.29. The first kappa shape index (κ1) is 61.0. The molecule has 13 atom stereocenters. The summed E-state index contributed by atoms with van der Waals surface area (Å²) >= 11 is 0. The van der Waals surface area contributed by atoms with Crippen LogP contribution >= 0.6 is 0 Å². The van der Waals surface area contributed by atoms with Crippen LogP contribution in [0.4, 0.5) is 0 Å². The monoisotopic (exact) mass is 990 g/mol. The first-order chi connectivity index (χ1) is 32.6. The van der Waals surface area contributed by atoms with E-state index in [1.165, 1.54) is 73.8 Å². The van der Waals surface area contributed by atoms with Gasteiger partial charge in [-0.3, -0.25) is 43.2 Å². The lowest BCUT2D eigenvalue weighted by atomic mass is 9.84. The number of carbonyl (C=O) groups excluding carboxylic acids is 9. The van der Waals surface area contributed by atoms with Gasteiger partial charge >= 0.3 is 5.97 Å². The van der Waals surface area contributed by atoms with E-state index in [-0.39, 0.29) is 42.9 Å². The average Bonchev–Trinajstić information content (AvgIpc) is 3.30. The number of nitrogens with zero attached hydrogens (tertiary/aromatic N) is 6. The van der Waals surface area contributed by atoms with Gasteiger partial charge in [0.05, 0.1) is 20.3 Å². The summed E-state index contributed by atoms with van der Waals surface area (Å²) in [6.07, 6.45) is 5.19. The number of hydroxylamine groups is 2. The molecule has 0 saturated carbocycles. The summed E-state index contributed by atoms with van der Waals surface area (Å²) in [4.78, 5) is 140. The third-order valence-corrected chi connectivity index (χ3v) is 14.2. The summed E-state index contributed by atoms with van der Waals surface area (Å²) in [5.74, 6) is -6.67. The summed E-state index contributed by atoms with van der Waals surface area (Å²) < 4.78 is 4.90. The number of ether oxygens (including phenoxy) is 1. The number of likely N-dealkylation sites (N-methyl/N-ethyl adjacent to an activating group) is 4. The molecular weight excluding hydrogens is 903 g/mol. The second-order valence-corrected chi connectivity index (χ2v) is 20.5. The van der Waals surface area contributed by atoms with Crippen LogP contribution in [-0.2, 0) is 52.7 Å². The molecule has 20 nitrogen and oxygen atoms in total. The molecule has 2 fully saturated rings. The minimum Gasteiger partial charge on any atom is -0.467 e. The number of rotatable bonds is 18. The first-order valence-electron chi connectivity index (χ1n) is 24.9. The fraction of sp³-hybridized carbons (Fsp3) is 0.780. The van der Waals surface area contributed by atoms with Gasteiger partial charge in [-0.2, -0.15) is 0 Å². The van der Waals surface area contributed by atoms with Gasteiger partial charge in [0.15, 0.2) is 0 Å². The van der Waals surface area contributed by atoms with E-state index in [2.05, 4.69) is 10.6 Å². The maximum absolute atomic E-state index is 15.3. The van der Waals surface area contributed by atoms with Crippen molar-refractivity contribution < 1.29 is 52.7 Å². The molecule has 4 N–H and O–H groups in total. The van der Waals surface area contributed by atoms with Gasteiger partial charge in [0.25, 0.3) is 5.91 Å². The Hall–Kier alpha value is -5.11. The average molecular weight is 990 g/mol. The molecule has 2 heterocycles. The van der Waals surface area contributed by atoms with E-state index in [0.29, 0.717) is 19.3 Å². The number of nitrogens with one attached hydrogen (secondary N) is 2. The summed E-state index contributed by atoms with van der Waals surface area (Å²) in [6.45, 7) is 21.1. The van der Waals surface area contributed by atoms with Gasteiger partial charge in [0.2, 0.25) is 41.4 Å². The number of amides is 8. The molecule has 0 aromatic heterocycles. The zero-order chi connectivity index (χ0) is 53.8. The molecule has 2 saturated heterocycles. The molecule has 20 heteroatoms. The van der Waals surface area contributed by atoms with Crippen LogP contribution in [0.15, 0.2) is 12.2 Å². The topological polar surface area (TPSA) is 242 Å². The molecular formula is C50H87N9O11. The predicted molar refractivity (Wildman–Crippen MR) is 265 cm³/mol. The minimum absolute atomic E-state index is 0.0298. The Morgan fingerprint density at radius 3 is 1.91 bits per heavy atom. The van der Waals surface area contributed by atoms with Crippen molar-refractivity contribution in [1.82, 2.24) is 40.2 Å². The Balaban J connectivity index is 2.73. The van der Waals surface area contributed by atoms with Crippen molar-refractivity contribution in [2.75, 3.05) is 42.4 Å². The van der Waals surface area contributed by atoms with E-state index in [1.54, 1.807) is 47.6 Å². The van der Waals surface area contributed by atoms with Crippen LogP contribution in [0, 0.1) is 29.6 Å². The lowest BCUT2D eigenvalue weighted by molar-refractivity contribution is -0.202. The molecule has 0 aromatic rings. The fourth-order valence-corrected chi connectivity index (χ4v) is 9.95. The molecule has 8 amide bonds. The second kappa shape index (κ2) is 26.9. The number of hydrogen-bond acceptors (Lipinski definition) is 12. The van der Waals surface area contributed by atoms with Gasteiger partial charge in [0, 0.05) is 34.2 Å². The smallest absolute Gasteiger partial charge is 0.328 e. The maximum Gasteiger partial charge on any atom is 0.328 e. The molecule has 0 spiro atoms. The predicted octanol–water partition coefficient (Wildman–Crippen LogP) is 2.33. The number of esters is 1. The fourth-order valence-electron chi connectivity index (χ4n) is 9.95. The molecule has 2 aliphatic heterocycles. The molecule has 398 valence electrons. The highest BCUT2D eigenvalue weighted by Gasteiger charge is 2.48. The number of likely N-dealkylation sites (tertiary alicyclic amines) is 1. The van der Waals surface area contributed by atoms with Crippen molar-refractivity contribution in [3.63, 3.8) is 0 Å². The number of methoxy groups -OCH3 is 1. The Bertz CT molecular complexity index is 1900. The van der Waals surface area contributed by atoms with Crippen LogP contribution in [0.1, 0.15) is 122 Å². The van der Waals surface area contributed by atoms with Crippen LogP contribution in [0.5, 0.6) is 0 Å². The van der Waals surface area contributed by atoms with Crippen LogP contribution in [0.3, 0.4) is 0 Å². The van der Waals surface area contributed by atoms with E-state index in [4.69, 9.17) is 15.3 Å². The first-order valence-corrected chi connectivity index (χ1v) is 24.9. The van der Waals surface area contributed by atoms with Crippen molar-refractivity contribution in [3.05, 3.63) is 12.2 Å². The van der Waals surface area contributed by atoms with Crippen LogP contribution < -0.4 is 16.4 Å². The number of allylic oxidation sites excluding steroid dienone is 2. The van der Waals surface area contributed by atoms with E-state index >= 15 is 4.79 Å². The third-order valence-electron chi connectivity index (χ3n) is 14.2. The molecule has 0 radical (unpaired) electrons. The van der Waals surface area contributed by atoms with Crippen molar-refractivity contribution in [2.24, 2.45) is 35.3 Å². The van der Waals surface area contributed by atoms with Gasteiger partial charge in [-0.1, -0.05) is 67.5 Å². The quantitative estimate of drug-likeness (QED) is 0.102. The lowest BCUT2D eigenvalue weighted by Crippen LogP contribution is -2.65. The SMILES string of the molecule is CC=CCC(C)C(C(=O)NC(CC)C(=O)OC)N(OC)C(=O)C(C(C)C)N(C)C(=O)C1CC(C)N(C(=O)C(C)NC(=O)C2CC(C)CC(C)C(N)C(=O)N2C)C(C)C(=O)N(C)C(CC(C)C)C(=O)N1C. The largest absolute Gasteiger partial charge is 0.467 e. The van der Waals surface area contributed by atoms with Gasteiger partial charge < -0.3 is 45.6 Å². The summed E-state index contributed by atoms with van der Waals surface area (Å²) in [7, 11) is 8.34. The molecule has 2 rings (SSSR count). The van der Waals surface area contributed by atoms with E-state index in [0.717, 1.165) is 5.06 Å². The van der Waals surface area contributed by atoms with Crippen LogP contribution in [0.2, 0.25) is 0 Å². The highest BCUT2D eigenvalue weighted by atomic mass is 16.7. The Morgan fingerprint density at radius 1 is 0.814 bits per heavy atom. The Morgan fingerprint density at radius 2 is 1.40 bits per heavy atom. The number of hydrogen-bond donors (Lipinski definition) is 3. The van der Waals surface area contributed by atoms with Crippen LogP contribution in [-0.4, -0.2) is 186 Å². The number of carbonyl (C=O) groups is 9. The third kappa shape index (κ3) is 14.5. The normalized spacial score (nSPS) is 26.2. The molecule has 0 aliphatic carbocycles. The van der Waals surface area contributed by atoms with Gasteiger partial charge in [-0.25, -0.2) is 9.86 Å². The van der Waals surface area contributed by atoms with E-state index < -0.39 is 120 Å². The second-order valence-electron chi connectivity index (χ2n) is 20.5. The highest BCUT2D eigenvalue weighted by molar-refractivity contribution is 5.98. The van der Waals surface area contributed by atoms with E-state index in [9.17, 15) is 38.4 Å². The molecule has 0 bridgehead atoms. The zero-order valence-corrected chi connectivity index (χ0v) is 45.3. The van der Waals surface area contributed by atoms with Crippen molar-refractivity contribution in [1.29, 1.82) is 0 Å².